The van der Waals surface area contributed by atoms with Crippen LogP contribution in [0.3, 0.4) is 0 Å². The second-order valence-electron chi connectivity index (χ2n) is 6.79. The van der Waals surface area contributed by atoms with Crippen molar-refractivity contribution in [3.05, 3.63) is 18.0 Å². The van der Waals surface area contributed by atoms with Crippen molar-refractivity contribution in [3.8, 4) is 0 Å². The third-order valence-electron chi connectivity index (χ3n) is 4.46. The van der Waals surface area contributed by atoms with E-state index in [0.29, 0.717) is 5.92 Å². The van der Waals surface area contributed by atoms with E-state index in [1.165, 1.54) is 5.69 Å². The molecule has 0 spiro atoms. The standard InChI is InChI=1S/C16H28N4O2/c1-12(11-16(2,3)22-4)18-15(21)20-9-6-13(7-10-20)14-5-8-17-19-14/h5,8,12-13H,6-7,9-11H2,1-4H3,(H,17,19)(H,18,21). The van der Waals surface area contributed by atoms with Crippen LogP contribution in [0.2, 0.25) is 0 Å². The fourth-order valence-electron chi connectivity index (χ4n) is 3.06. The van der Waals surface area contributed by atoms with Gasteiger partial charge in [0.1, 0.15) is 0 Å². The van der Waals surface area contributed by atoms with Gasteiger partial charge in [-0.2, -0.15) is 5.10 Å². The Morgan fingerprint density at radius 1 is 1.55 bits per heavy atom. The minimum absolute atomic E-state index is 0.0301. The largest absolute Gasteiger partial charge is 0.379 e. The maximum atomic E-state index is 12.3. The first-order valence-corrected chi connectivity index (χ1v) is 8.01. The lowest BCUT2D eigenvalue weighted by atomic mass is 9.94. The molecule has 1 unspecified atom stereocenters. The number of carbonyl (C=O) groups is 1. The lowest BCUT2D eigenvalue weighted by Gasteiger charge is -2.33. The van der Waals surface area contributed by atoms with E-state index in [4.69, 9.17) is 4.74 Å². The van der Waals surface area contributed by atoms with E-state index in [0.717, 1.165) is 32.4 Å². The number of nitrogens with zero attached hydrogens (tertiary/aromatic N) is 2. The van der Waals surface area contributed by atoms with Crippen molar-refractivity contribution < 1.29 is 9.53 Å². The van der Waals surface area contributed by atoms with Crippen molar-refractivity contribution >= 4 is 6.03 Å². The molecule has 6 heteroatoms. The van der Waals surface area contributed by atoms with Gasteiger partial charge >= 0.3 is 6.03 Å². The summed E-state index contributed by atoms with van der Waals surface area (Å²) in [5.41, 5.74) is 0.954. The lowest BCUT2D eigenvalue weighted by molar-refractivity contribution is 0.00907. The molecule has 1 aromatic rings. The number of amides is 2. The molecule has 6 nitrogen and oxygen atoms in total. The summed E-state index contributed by atoms with van der Waals surface area (Å²) in [7, 11) is 1.70. The van der Waals surface area contributed by atoms with Crippen molar-refractivity contribution in [2.24, 2.45) is 0 Å². The topological polar surface area (TPSA) is 70.2 Å². The molecule has 0 aromatic carbocycles. The molecule has 124 valence electrons. The first kappa shape index (κ1) is 16.8. The molecule has 1 saturated heterocycles. The summed E-state index contributed by atoms with van der Waals surface area (Å²) in [6.07, 6.45) is 4.54. The maximum absolute atomic E-state index is 12.3. The molecule has 0 saturated carbocycles. The number of carbonyl (C=O) groups excluding carboxylic acids is 1. The third kappa shape index (κ3) is 4.47. The van der Waals surface area contributed by atoms with Gasteiger partial charge < -0.3 is 15.0 Å². The Hall–Kier alpha value is -1.56. The minimum atomic E-state index is -0.222. The van der Waals surface area contributed by atoms with Gasteiger partial charge in [-0.25, -0.2) is 4.79 Å². The molecular weight excluding hydrogens is 280 g/mol. The van der Waals surface area contributed by atoms with Gasteiger partial charge in [0.2, 0.25) is 0 Å². The Labute approximate surface area is 132 Å². The van der Waals surface area contributed by atoms with Crippen molar-refractivity contribution in [2.45, 2.75) is 57.6 Å². The maximum Gasteiger partial charge on any atom is 0.317 e. The van der Waals surface area contributed by atoms with E-state index in [9.17, 15) is 4.79 Å². The van der Waals surface area contributed by atoms with E-state index in [2.05, 4.69) is 15.5 Å². The Morgan fingerprint density at radius 3 is 2.77 bits per heavy atom. The number of methoxy groups -OCH3 is 1. The van der Waals surface area contributed by atoms with Crippen LogP contribution in [0.5, 0.6) is 0 Å². The number of ether oxygens (including phenoxy) is 1. The van der Waals surface area contributed by atoms with E-state index in [1.807, 2.05) is 31.7 Å². The zero-order valence-electron chi connectivity index (χ0n) is 14.1. The summed E-state index contributed by atoms with van der Waals surface area (Å²) in [6.45, 7) is 7.67. The zero-order chi connectivity index (χ0) is 16.2. The molecule has 1 fully saturated rings. The molecule has 1 aliphatic heterocycles. The lowest BCUT2D eigenvalue weighted by Crippen LogP contribution is -2.48. The Morgan fingerprint density at radius 2 is 2.23 bits per heavy atom. The van der Waals surface area contributed by atoms with E-state index in [1.54, 1.807) is 13.3 Å². The molecule has 2 heterocycles. The molecule has 1 aliphatic rings. The van der Waals surface area contributed by atoms with E-state index >= 15 is 0 Å². The van der Waals surface area contributed by atoms with Gasteiger partial charge in [0.15, 0.2) is 0 Å². The highest BCUT2D eigenvalue weighted by Crippen LogP contribution is 2.26. The van der Waals surface area contributed by atoms with E-state index < -0.39 is 0 Å². The first-order chi connectivity index (χ1) is 10.4. The highest BCUT2D eigenvalue weighted by Gasteiger charge is 2.26. The van der Waals surface area contributed by atoms with Gasteiger partial charge in [0, 0.05) is 44.0 Å². The fourth-order valence-corrected chi connectivity index (χ4v) is 3.06. The summed E-state index contributed by atoms with van der Waals surface area (Å²) in [4.78, 5) is 14.2. The van der Waals surface area contributed by atoms with Crippen molar-refractivity contribution in [1.29, 1.82) is 0 Å². The van der Waals surface area contributed by atoms with Gasteiger partial charge in [-0.15, -0.1) is 0 Å². The van der Waals surface area contributed by atoms with Crippen LogP contribution in [0.1, 0.15) is 51.6 Å². The predicted octanol–water partition coefficient (Wildman–Crippen LogP) is 2.50. The Bertz CT molecular complexity index is 465. The zero-order valence-corrected chi connectivity index (χ0v) is 14.1. The smallest absolute Gasteiger partial charge is 0.317 e. The number of aromatic nitrogens is 2. The van der Waals surface area contributed by atoms with Gasteiger partial charge in [-0.1, -0.05) is 0 Å². The monoisotopic (exact) mass is 308 g/mol. The number of rotatable bonds is 5. The van der Waals surface area contributed by atoms with Crippen LogP contribution in [-0.2, 0) is 4.74 Å². The van der Waals surface area contributed by atoms with Gasteiger partial charge in [-0.3, -0.25) is 5.10 Å². The molecule has 22 heavy (non-hydrogen) atoms. The van der Waals surface area contributed by atoms with Gasteiger partial charge in [0.05, 0.1) is 5.60 Å². The number of urea groups is 1. The molecule has 0 radical (unpaired) electrons. The first-order valence-electron chi connectivity index (χ1n) is 8.01. The molecule has 2 N–H and O–H groups in total. The SMILES string of the molecule is COC(C)(C)CC(C)NC(=O)N1CCC(c2ccn[nH]2)CC1. The summed E-state index contributed by atoms with van der Waals surface area (Å²) in [5, 5.41) is 10.1. The highest BCUT2D eigenvalue weighted by molar-refractivity contribution is 5.74. The third-order valence-corrected chi connectivity index (χ3v) is 4.46. The highest BCUT2D eigenvalue weighted by atomic mass is 16.5. The van der Waals surface area contributed by atoms with Crippen molar-refractivity contribution in [2.75, 3.05) is 20.2 Å². The molecular formula is C16H28N4O2. The van der Waals surface area contributed by atoms with E-state index in [-0.39, 0.29) is 17.7 Å². The normalized spacial score (nSPS) is 18.3. The van der Waals surface area contributed by atoms with Crippen LogP contribution < -0.4 is 5.32 Å². The number of hydrogen-bond acceptors (Lipinski definition) is 3. The molecule has 1 atom stereocenters. The van der Waals surface area contributed by atoms with Crippen LogP contribution in [-0.4, -0.2) is 53.0 Å². The van der Waals surface area contributed by atoms with Crippen molar-refractivity contribution in [3.63, 3.8) is 0 Å². The average molecular weight is 308 g/mol. The number of nitrogens with one attached hydrogen (secondary N) is 2. The van der Waals surface area contributed by atoms with Crippen LogP contribution in [0, 0.1) is 0 Å². The van der Waals surface area contributed by atoms with Crippen LogP contribution in [0.15, 0.2) is 12.3 Å². The number of aromatic amines is 1. The second kappa shape index (κ2) is 7.13. The van der Waals surface area contributed by atoms with Crippen LogP contribution in [0.25, 0.3) is 0 Å². The molecule has 0 aliphatic carbocycles. The minimum Gasteiger partial charge on any atom is -0.379 e. The fraction of sp³-hybridized carbons (Fsp3) is 0.750. The summed E-state index contributed by atoms with van der Waals surface area (Å²) in [6, 6.07) is 2.14. The quantitative estimate of drug-likeness (QED) is 0.878. The van der Waals surface area contributed by atoms with Gasteiger partial charge in [-0.05, 0) is 46.1 Å². The van der Waals surface area contributed by atoms with Crippen LogP contribution in [0.4, 0.5) is 4.79 Å². The predicted molar refractivity (Wildman–Crippen MR) is 85.8 cm³/mol. The number of likely N-dealkylation sites (tertiary alicyclic amines) is 1. The van der Waals surface area contributed by atoms with Gasteiger partial charge in [0.25, 0.3) is 0 Å². The average Bonchev–Trinajstić information content (AvgIpc) is 3.01. The Kier molecular flexibility index (Phi) is 5.45. The molecule has 2 rings (SSSR count). The molecule has 2 amide bonds. The number of piperidine rings is 1. The number of H-pyrrole nitrogens is 1. The summed E-state index contributed by atoms with van der Waals surface area (Å²) in [5.74, 6) is 0.483. The van der Waals surface area contributed by atoms with Crippen molar-refractivity contribution in [1.82, 2.24) is 20.4 Å². The second-order valence-corrected chi connectivity index (χ2v) is 6.79. The molecule has 1 aromatic heterocycles. The summed E-state index contributed by atoms with van der Waals surface area (Å²) < 4.78 is 5.42. The summed E-state index contributed by atoms with van der Waals surface area (Å²) >= 11 is 0. The van der Waals surface area contributed by atoms with Crippen LogP contribution >= 0.6 is 0 Å². The Balaban J connectivity index is 1.77. The number of hydrogen-bond donors (Lipinski definition) is 2. The molecule has 0 bridgehead atoms.